The Bertz CT molecular complexity index is 1130. The van der Waals surface area contributed by atoms with Gasteiger partial charge < -0.3 is 15.2 Å². The molecule has 3 rings (SSSR count). The summed E-state index contributed by atoms with van der Waals surface area (Å²) in [7, 11) is 0. The number of ether oxygens (including phenoxy) is 2. The summed E-state index contributed by atoms with van der Waals surface area (Å²) < 4.78 is 10.3. The van der Waals surface area contributed by atoms with E-state index in [1.165, 1.54) is 11.3 Å². The second-order valence-corrected chi connectivity index (χ2v) is 8.32. The fourth-order valence-corrected chi connectivity index (χ4v) is 4.52. The molecule has 0 unspecified atom stereocenters. The summed E-state index contributed by atoms with van der Waals surface area (Å²) in [6.45, 7) is 1.59. The van der Waals surface area contributed by atoms with Gasteiger partial charge in [-0.05, 0) is 19.1 Å². The minimum absolute atomic E-state index is 0.0483. The summed E-state index contributed by atoms with van der Waals surface area (Å²) in [6, 6.07) is 9.22. The number of thiazole rings is 1. The summed E-state index contributed by atoms with van der Waals surface area (Å²) in [6.07, 6.45) is -0.0483. The highest BCUT2D eigenvalue weighted by molar-refractivity contribution is 7.18. The van der Waals surface area contributed by atoms with E-state index in [0.29, 0.717) is 10.7 Å². The van der Waals surface area contributed by atoms with Gasteiger partial charge in [-0.3, -0.25) is 4.79 Å². The maximum atomic E-state index is 12.3. The summed E-state index contributed by atoms with van der Waals surface area (Å²) in [5.74, 6) is -1.14. The molecule has 2 aromatic heterocycles. The smallest absolute Gasteiger partial charge is 0.348 e. The van der Waals surface area contributed by atoms with E-state index < -0.39 is 11.9 Å². The Morgan fingerprint density at radius 3 is 2.83 bits per heavy atom. The number of anilines is 1. The molecular formula is C20H16ClN3O4S2. The standard InChI is InChI=1S/C20H16ClN3O4S2/c1-2-27-20(26)17-15(14(8-22)18(23)30-17)9-28-16(25)7-13-10-29-19(24-13)11-4-3-5-12(21)6-11/h3-6,10H,2,7,9,23H2,1H3. The Labute approximate surface area is 185 Å². The zero-order chi connectivity index (χ0) is 21.7. The maximum Gasteiger partial charge on any atom is 0.348 e. The highest BCUT2D eigenvalue weighted by Gasteiger charge is 2.24. The maximum absolute atomic E-state index is 12.3. The summed E-state index contributed by atoms with van der Waals surface area (Å²) >= 11 is 8.34. The molecule has 0 radical (unpaired) electrons. The Balaban J connectivity index is 1.68. The molecule has 0 bridgehead atoms. The van der Waals surface area contributed by atoms with Crippen molar-refractivity contribution in [2.24, 2.45) is 0 Å². The predicted molar refractivity (Wildman–Crippen MR) is 115 cm³/mol. The van der Waals surface area contributed by atoms with Crippen molar-refractivity contribution in [3.8, 4) is 16.6 Å². The Morgan fingerprint density at radius 2 is 2.13 bits per heavy atom. The van der Waals surface area contributed by atoms with Crippen molar-refractivity contribution in [1.29, 1.82) is 5.26 Å². The van der Waals surface area contributed by atoms with E-state index in [0.717, 1.165) is 21.9 Å². The third-order valence-electron chi connectivity index (χ3n) is 3.93. The average molecular weight is 462 g/mol. The Kier molecular flexibility index (Phi) is 7.05. The van der Waals surface area contributed by atoms with Crippen LogP contribution in [-0.4, -0.2) is 23.5 Å². The highest BCUT2D eigenvalue weighted by Crippen LogP contribution is 2.32. The van der Waals surface area contributed by atoms with E-state index in [1.54, 1.807) is 24.4 Å². The number of esters is 2. The van der Waals surface area contributed by atoms with Crippen molar-refractivity contribution >= 4 is 51.2 Å². The molecule has 2 heterocycles. The van der Waals surface area contributed by atoms with Crippen molar-refractivity contribution in [1.82, 2.24) is 4.98 Å². The van der Waals surface area contributed by atoms with Crippen molar-refractivity contribution < 1.29 is 19.1 Å². The molecule has 2 N–H and O–H groups in total. The van der Waals surface area contributed by atoms with Gasteiger partial charge in [-0.1, -0.05) is 23.7 Å². The van der Waals surface area contributed by atoms with Crippen LogP contribution in [0.1, 0.15) is 33.4 Å². The fraction of sp³-hybridized carbons (Fsp3) is 0.200. The first-order chi connectivity index (χ1) is 14.4. The lowest BCUT2D eigenvalue weighted by Crippen LogP contribution is -2.11. The lowest BCUT2D eigenvalue weighted by Gasteiger charge is -2.06. The minimum atomic E-state index is -0.604. The monoisotopic (exact) mass is 461 g/mol. The zero-order valence-corrected chi connectivity index (χ0v) is 18.2. The number of nitrogens with two attached hydrogens (primary N) is 1. The number of nitriles is 1. The third kappa shape index (κ3) is 4.97. The zero-order valence-electron chi connectivity index (χ0n) is 15.8. The van der Waals surface area contributed by atoms with Crippen LogP contribution in [0.4, 0.5) is 5.00 Å². The SMILES string of the molecule is CCOC(=O)c1sc(N)c(C#N)c1COC(=O)Cc1csc(-c2cccc(Cl)c2)n1. The lowest BCUT2D eigenvalue weighted by molar-refractivity contribution is -0.144. The van der Waals surface area contributed by atoms with Crippen molar-refractivity contribution in [3.63, 3.8) is 0 Å². The summed E-state index contributed by atoms with van der Waals surface area (Å²) in [5, 5.41) is 12.6. The molecule has 154 valence electrons. The molecule has 0 spiro atoms. The summed E-state index contributed by atoms with van der Waals surface area (Å²) in [4.78, 5) is 29.0. The molecule has 0 saturated heterocycles. The van der Waals surface area contributed by atoms with E-state index in [4.69, 9.17) is 26.8 Å². The molecule has 0 amide bonds. The second kappa shape index (κ2) is 9.71. The molecule has 7 nitrogen and oxygen atoms in total. The molecule has 0 fully saturated rings. The number of carbonyl (C=O) groups excluding carboxylic acids is 2. The average Bonchev–Trinajstić information content (AvgIpc) is 3.30. The molecule has 0 aliphatic carbocycles. The van der Waals surface area contributed by atoms with Crippen LogP contribution in [0, 0.1) is 11.3 Å². The molecule has 1 aromatic carbocycles. The largest absolute Gasteiger partial charge is 0.462 e. The van der Waals surface area contributed by atoms with Crippen molar-refractivity contribution in [2.45, 2.75) is 20.0 Å². The molecule has 0 aliphatic heterocycles. The number of nitrogen functional groups attached to an aromatic ring is 1. The highest BCUT2D eigenvalue weighted by atomic mass is 35.5. The van der Waals surface area contributed by atoms with Gasteiger partial charge in [-0.2, -0.15) is 5.26 Å². The number of nitrogens with zero attached hydrogens (tertiary/aromatic N) is 2. The van der Waals surface area contributed by atoms with Crippen LogP contribution in [0.5, 0.6) is 0 Å². The van der Waals surface area contributed by atoms with Crippen LogP contribution < -0.4 is 5.73 Å². The fourth-order valence-electron chi connectivity index (χ4n) is 2.60. The third-order valence-corrected chi connectivity index (χ3v) is 6.15. The minimum Gasteiger partial charge on any atom is -0.462 e. The topological polar surface area (TPSA) is 115 Å². The van der Waals surface area contributed by atoms with Gasteiger partial charge in [0, 0.05) is 21.5 Å². The van der Waals surface area contributed by atoms with Gasteiger partial charge in [-0.15, -0.1) is 22.7 Å². The van der Waals surface area contributed by atoms with Gasteiger partial charge >= 0.3 is 11.9 Å². The van der Waals surface area contributed by atoms with Gasteiger partial charge in [0.2, 0.25) is 0 Å². The molecule has 0 aliphatic rings. The predicted octanol–water partition coefficient (Wildman–Crippen LogP) is 4.44. The van der Waals surface area contributed by atoms with E-state index >= 15 is 0 Å². The molecular weight excluding hydrogens is 446 g/mol. The van der Waals surface area contributed by atoms with E-state index in [2.05, 4.69) is 4.98 Å². The second-order valence-electron chi connectivity index (χ2n) is 5.97. The van der Waals surface area contributed by atoms with E-state index in [1.807, 2.05) is 18.2 Å². The summed E-state index contributed by atoms with van der Waals surface area (Å²) in [5.41, 5.74) is 7.60. The molecule has 0 atom stereocenters. The molecule has 30 heavy (non-hydrogen) atoms. The Morgan fingerprint density at radius 1 is 1.33 bits per heavy atom. The molecule has 0 saturated carbocycles. The lowest BCUT2D eigenvalue weighted by atomic mass is 10.1. The number of rotatable bonds is 7. The number of benzene rings is 1. The van der Waals surface area contributed by atoms with E-state index in [9.17, 15) is 14.9 Å². The number of thiophene rings is 1. The van der Waals surface area contributed by atoms with Crippen LogP contribution >= 0.6 is 34.3 Å². The number of carbonyl (C=O) groups is 2. The van der Waals surface area contributed by atoms with Crippen LogP contribution in [0.3, 0.4) is 0 Å². The molecule has 10 heteroatoms. The number of halogens is 1. The van der Waals surface area contributed by atoms with E-state index in [-0.39, 0.29) is 40.6 Å². The number of aromatic nitrogens is 1. The van der Waals surface area contributed by atoms with Crippen molar-refractivity contribution in [2.75, 3.05) is 12.3 Å². The first kappa shape index (κ1) is 21.8. The van der Waals surface area contributed by atoms with Crippen LogP contribution in [0.15, 0.2) is 29.6 Å². The number of hydrogen-bond donors (Lipinski definition) is 1. The number of hydrogen-bond acceptors (Lipinski definition) is 9. The van der Waals surface area contributed by atoms with Gasteiger partial charge in [0.05, 0.1) is 24.3 Å². The van der Waals surface area contributed by atoms with Gasteiger partial charge in [0.15, 0.2) is 0 Å². The van der Waals surface area contributed by atoms with Crippen molar-refractivity contribution in [3.05, 3.63) is 56.4 Å². The normalized spacial score (nSPS) is 10.4. The van der Waals surface area contributed by atoms with Crippen LogP contribution in [0.2, 0.25) is 5.02 Å². The van der Waals surface area contributed by atoms with Gasteiger partial charge in [0.1, 0.15) is 27.6 Å². The Hall–Kier alpha value is -2.93. The van der Waals surface area contributed by atoms with Crippen LogP contribution in [0.25, 0.3) is 10.6 Å². The quantitative estimate of drug-likeness (QED) is 0.517. The van der Waals surface area contributed by atoms with Crippen LogP contribution in [-0.2, 0) is 27.3 Å². The van der Waals surface area contributed by atoms with Gasteiger partial charge in [-0.25, -0.2) is 9.78 Å². The first-order valence-corrected chi connectivity index (χ1v) is 10.8. The first-order valence-electron chi connectivity index (χ1n) is 8.77. The van der Waals surface area contributed by atoms with Gasteiger partial charge in [0.25, 0.3) is 0 Å². The molecule has 3 aromatic rings.